The Bertz CT molecular complexity index is 557. The normalized spacial score (nSPS) is 25.9. The van der Waals surface area contributed by atoms with Gasteiger partial charge in [0.2, 0.25) is 0 Å². The van der Waals surface area contributed by atoms with Gasteiger partial charge in [-0.1, -0.05) is 6.92 Å². The number of piperidine rings is 3. The van der Waals surface area contributed by atoms with E-state index in [1.54, 1.807) is 0 Å². The van der Waals surface area contributed by atoms with E-state index in [0.29, 0.717) is 18.1 Å². The van der Waals surface area contributed by atoms with E-state index in [0.717, 1.165) is 30.5 Å². The smallest absolute Gasteiger partial charge is 0.328 e. The first-order valence-electron chi connectivity index (χ1n) is 7.80. The van der Waals surface area contributed by atoms with Crippen LogP contribution in [0.3, 0.4) is 0 Å². The highest BCUT2D eigenvalue weighted by atomic mass is 16.4. The van der Waals surface area contributed by atoms with Crippen LogP contribution in [0.5, 0.6) is 0 Å². The summed E-state index contributed by atoms with van der Waals surface area (Å²) in [6.45, 7) is 5.84. The second-order valence-electron chi connectivity index (χ2n) is 5.78. The third-order valence-electron chi connectivity index (χ3n) is 4.27. The average molecular weight is 322 g/mol. The van der Waals surface area contributed by atoms with E-state index >= 15 is 0 Å². The van der Waals surface area contributed by atoms with Gasteiger partial charge in [-0.25, -0.2) is 14.6 Å². The Labute approximate surface area is 134 Å². The van der Waals surface area contributed by atoms with Gasteiger partial charge < -0.3 is 19.5 Å². The molecule has 0 aliphatic carbocycles. The lowest BCUT2D eigenvalue weighted by Gasteiger charge is -2.43. The van der Waals surface area contributed by atoms with Crippen molar-refractivity contribution in [1.82, 2.24) is 9.88 Å². The number of aryl methyl sites for hydroxylation is 1. The van der Waals surface area contributed by atoms with Crippen molar-refractivity contribution in [1.29, 1.82) is 0 Å². The molecule has 3 saturated heterocycles. The molecule has 0 amide bonds. The fourth-order valence-electron chi connectivity index (χ4n) is 3.04. The van der Waals surface area contributed by atoms with Crippen LogP contribution in [-0.4, -0.2) is 51.7 Å². The Morgan fingerprint density at radius 2 is 1.91 bits per heavy atom. The van der Waals surface area contributed by atoms with Crippen molar-refractivity contribution >= 4 is 11.9 Å². The van der Waals surface area contributed by atoms with Crippen molar-refractivity contribution in [2.75, 3.05) is 19.6 Å². The van der Waals surface area contributed by atoms with Gasteiger partial charge in [0.1, 0.15) is 6.26 Å². The maximum Gasteiger partial charge on any atom is 0.328 e. The predicted molar refractivity (Wildman–Crippen MR) is 82.2 cm³/mol. The molecule has 1 aromatic heterocycles. The maximum absolute atomic E-state index is 9.55. The monoisotopic (exact) mass is 322 g/mol. The molecule has 1 atom stereocenters. The zero-order valence-corrected chi connectivity index (χ0v) is 13.1. The lowest BCUT2D eigenvalue weighted by molar-refractivity contribution is -0.134. The summed E-state index contributed by atoms with van der Waals surface area (Å²) in [5.41, 5.74) is 1.10. The Hall–Kier alpha value is -2.15. The average Bonchev–Trinajstić information content (AvgIpc) is 3.03. The van der Waals surface area contributed by atoms with Crippen molar-refractivity contribution < 1.29 is 24.2 Å². The molecular formula is C16H22N2O5. The molecule has 7 nitrogen and oxygen atoms in total. The Kier molecular flexibility index (Phi) is 5.92. The molecule has 3 fully saturated rings. The molecular weight excluding hydrogens is 300 g/mol. The first-order chi connectivity index (χ1) is 11.0. The number of oxazole rings is 1. The van der Waals surface area contributed by atoms with Gasteiger partial charge in [0, 0.05) is 18.7 Å². The number of carbonyl (C=O) groups is 2. The minimum absolute atomic E-state index is 0.558. The largest absolute Gasteiger partial charge is 0.478 e. The molecule has 4 rings (SSSR count). The van der Waals surface area contributed by atoms with Crippen LogP contribution in [0, 0.1) is 5.92 Å². The van der Waals surface area contributed by atoms with Crippen LogP contribution in [0.1, 0.15) is 37.3 Å². The molecule has 0 aromatic carbocycles. The number of hydrogen-bond acceptors (Lipinski definition) is 5. The summed E-state index contributed by atoms with van der Waals surface area (Å²) in [5, 5.41) is 15.6. The maximum atomic E-state index is 9.55. The summed E-state index contributed by atoms with van der Waals surface area (Å²) in [5.74, 6) is -0.146. The van der Waals surface area contributed by atoms with E-state index in [1.165, 1.54) is 25.9 Å². The van der Waals surface area contributed by atoms with Crippen LogP contribution in [0.25, 0.3) is 0 Å². The van der Waals surface area contributed by atoms with Crippen LogP contribution < -0.4 is 0 Å². The molecule has 3 aliphatic rings. The number of nitrogens with zero attached hydrogens (tertiary/aromatic N) is 2. The van der Waals surface area contributed by atoms with Crippen LogP contribution in [0.15, 0.2) is 22.8 Å². The SMILES string of the molecule is CCc1coc(C2CN3CCC2CC3)n1.O=C(O)/C=C/C(=O)O. The number of hydrogen-bond donors (Lipinski definition) is 2. The van der Waals surface area contributed by atoms with Crippen molar-refractivity contribution in [2.24, 2.45) is 5.92 Å². The molecule has 0 spiro atoms. The number of carboxylic acid groups (broad SMARTS) is 2. The van der Waals surface area contributed by atoms with Gasteiger partial charge in [-0.2, -0.15) is 0 Å². The van der Waals surface area contributed by atoms with E-state index in [9.17, 15) is 9.59 Å². The third kappa shape index (κ3) is 4.92. The quantitative estimate of drug-likeness (QED) is 0.814. The lowest BCUT2D eigenvalue weighted by atomic mass is 9.79. The van der Waals surface area contributed by atoms with Gasteiger partial charge >= 0.3 is 11.9 Å². The highest BCUT2D eigenvalue weighted by molar-refractivity contribution is 5.89. The second-order valence-corrected chi connectivity index (χ2v) is 5.78. The molecule has 3 aliphatic heterocycles. The molecule has 7 heteroatoms. The predicted octanol–water partition coefficient (Wildman–Crippen LogP) is 1.76. The highest BCUT2D eigenvalue weighted by Gasteiger charge is 2.37. The van der Waals surface area contributed by atoms with Gasteiger partial charge in [0.05, 0.1) is 11.6 Å². The minimum atomic E-state index is -1.26. The Morgan fingerprint density at radius 3 is 2.30 bits per heavy atom. The summed E-state index contributed by atoms with van der Waals surface area (Å²) in [6.07, 6.45) is 6.57. The third-order valence-corrected chi connectivity index (χ3v) is 4.27. The van der Waals surface area contributed by atoms with Crippen LogP contribution in [0.2, 0.25) is 0 Å². The fourth-order valence-corrected chi connectivity index (χ4v) is 3.04. The minimum Gasteiger partial charge on any atom is -0.478 e. The van der Waals surface area contributed by atoms with Gasteiger partial charge in [-0.15, -0.1) is 0 Å². The lowest BCUT2D eigenvalue weighted by Crippen LogP contribution is -2.46. The van der Waals surface area contributed by atoms with Crippen LogP contribution >= 0.6 is 0 Å². The summed E-state index contributed by atoms with van der Waals surface area (Å²) in [4.78, 5) is 26.2. The topological polar surface area (TPSA) is 104 Å². The van der Waals surface area contributed by atoms with E-state index < -0.39 is 11.9 Å². The van der Waals surface area contributed by atoms with Crippen LogP contribution in [-0.2, 0) is 16.0 Å². The number of rotatable bonds is 4. The van der Waals surface area contributed by atoms with Crippen molar-refractivity contribution in [2.45, 2.75) is 32.1 Å². The van der Waals surface area contributed by atoms with Crippen molar-refractivity contribution in [3.05, 3.63) is 30.0 Å². The summed E-state index contributed by atoms with van der Waals surface area (Å²) >= 11 is 0. The molecule has 1 unspecified atom stereocenters. The standard InChI is InChI=1S/C12H18N2O.C4H4O4/c1-2-10-8-15-12(13-10)11-7-14-5-3-9(11)4-6-14;5-3(6)1-2-4(7)8/h8-9,11H,2-7H2,1H3;1-2H,(H,5,6)(H,7,8)/b;2-1+. The fraction of sp³-hybridized carbons (Fsp3) is 0.562. The van der Waals surface area contributed by atoms with Crippen molar-refractivity contribution in [3.8, 4) is 0 Å². The molecule has 23 heavy (non-hydrogen) atoms. The molecule has 2 N–H and O–H groups in total. The highest BCUT2D eigenvalue weighted by Crippen LogP contribution is 2.38. The van der Waals surface area contributed by atoms with Gasteiger partial charge in [-0.05, 0) is 38.3 Å². The van der Waals surface area contributed by atoms with Gasteiger partial charge in [-0.3, -0.25) is 0 Å². The van der Waals surface area contributed by atoms with Crippen LogP contribution in [0.4, 0.5) is 0 Å². The van der Waals surface area contributed by atoms with Crippen molar-refractivity contribution in [3.63, 3.8) is 0 Å². The summed E-state index contributed by atoms with van der Waals surface area (Å²) < 4.78 is 5.61. The van der Waals surface area contributed by atoms with E-state index in [4.69, 9.17) is 14.6 Å². The molecule has 126 valence electrons. The first kappa shape index (κ1) is 17.2. The Balaban J connectivity index is 0.000000207. The zero-order valence-electron chi connectivity index (χ0n) is 13.1. The molecule has 2 bridgehead atoms. The molecule has 0 radical (unpaired) electrons. The number of fused-ring (bicyclic) bond motifs is 3. The van der Waals surface area contributed by atoms with E-state index in [2.05, 4.69) is 16.8 Å². The zero-order chi connectivity index (χ0) is 16.8. The summed E-state index contributed by atoms with van der Waals surface area (Å²) in [7, 11) is 0. The Morgan fingerprint density at radius 1 is 1.30 bits per heavy atom. The number of aliphatic carboxylic acids is 2. The van der Waals surface area contributed by atoms with E-state index in [-0.39, 0.29) is 0 Å². The summed E-state index contributed by atoms with van der Waals surface area (Å²) in [6, 6.07) is 0. The number of aromatic nitrogens is 1. The molecule has 1 aromatic rings. The molecule has 4 heterocycles. The second kappa shape index (κ2) is 7.92. The van der Waals surface area contributed by atoms with E-state index in [1.807, 2.05) is 6.26 Å². The van der Waals surface area contributed by atoms with Gasteiger partial charge in [0.15, 0.2) is 5.89 Å². The first-order valence-corrected chi connectivity index (χ1v) is 7.80. The molecule has 0 saturated carbocycles. The van der Waals surface area contributed by atoms with Gasteiger partial charge in [0.25, 0.3) is 0 Å². The number of carboxylic acids is 2.